The van der Waals surface area contributed by atoms with Crippen LogP contribution in [0.1, 0.15) is 34.1 Å². The van der Waals surface area contributed by atoms with Gasteiger partial charge in [-0.1, -0.05) is 12.1 Å². The Hall–Kier alpha value is -3.50. The lowest BCUT2D eigenvalue weighted by Crippen LogP contribution is -2.36. The molecule has 9 nitrogen and oxygen atoms in total. The van der Waals surface area contributed by atoms with Crippen molar-refractivity contribution in [1.29, 1.82) is 0 Å². The average molecular weight is 444 g/mol. The van der Waals surface area contributed by atoms with Gasteiger partial charge in [0.05, 0.1) is 48.8 Å². The number of aromatic nitrogens is 3. The van der Waals surface area contributed by atoms with Crippen molar-refractivity contribution in [3.05, 3.63) is 59.7 Å². The predicted molar refractivity (Wildman–Crippen MR) is 128 cm³/mol. The summed E-state index contributed by atoms with van der Waals surface area (Å²) in [4.78, 5) is 28.3. The van der Waals surface area contributed by atoms with Gasteiger partial charge >= 0.3 is 0 Å². The van der Waals surface area contributed by atoms with E-state index in [4.69, 9.17) is 15.1 Å². The largest absolute Gasteiger partial charge is 0.437 e. The summed E-state index contributed by atoms with van der Waals surface area (Å²) in [6.45, 7) is 2.76. The zero-order valence-electron chi connectivity index (χ0n) is 18.5. The molecule has 0 saturated carbocycles. The van der Waals surface area contributed by atoms with E-state index in [2.05, 4.69) is 37.3 Å². The first-order valence-electron chi connectivity index (χ1n) is 11.0. The summed E-state index contributed by atoms with van der Waals surface area (Å²) in [5, 5.41) is 2.92. The van der Waals surface area contributed by atoms with E-state index in [1.165, 1.54) is 5.56 Å². The van der Waals surface area contributed by atoms with E-state index in [9.17, 15) is 4.79 Å². The Kier molecular flexibility index (Phi) is 5.93. The highest BCUT2D eigenvalue weighted by atomic mass is 16.5. The van der Waals surface area contributed by atoms with Gasteiger partial charge in [-0.2, -0.15) is 0 Å². The molecule has 168 valence electrons. The van der Waals surface area contributed by atoms with Crippen molar-refractivity contribution in [3.8, 4) is 11.3 Å². The molecule has 1 aromatic carbocycles. The fourth-order valence-electron chi connectivity index (χ4n) is 4.42. The van der Waals surface area contributed by atoms with Crippen molar-refractivity contribution in [1.82, 2.24) is 15.0 Å². The zero-order chi connectivity index (χ0) is 22.8. The maximum atomic E-state index is 13.2. The summed E-state index contributed by atoms with van der Waals surface area (Å²) in [7, 11) is 1.72. The number of hydrogen-bond acceptors (Lipinski definition) is 8. The molecule has 3 N–H and O–H groups in total. The average Bonchev–Trinajstić information content (AvgIpc) is 3.27. The lowest BCUT2D eigenvalue weighted by Gasteiger charge is -2.30. The molecule has 2 aliphatic rings. The Bertz CT molecular complexity index is 1180. The normalized spacial score (nSPS) is 17.6. The molecular formula is C23H25BN6O3. The summed E-state index contributed by atoms with van der Waals surface area (Å²) in [6.07, 6.45) is 6.96. The SMILES string of the molecule is BOC1CCc2ccc(-c3cnc(N)c(C(=O)Nc4cnccc4N4CCOCC4)n3)cc21. The highest BCUT2D eigenvalue weighted by Crippen LogP contribution is 2.36. The number of fused-ring (bicyclic) bond motifs is 1. The van der Waals surface area contributed by atoms with Gasteiger partial charge in [-0.15, -0.1) is 0 Å². The maximum Gasteiger partial charge on any atom is 0.278 e. The van der Waals surface area contributed by atoms with Gasteiger partial charge in [-0.3, -0.25) is 9.78 Å². The van der Waals surface area contributed by atoms with Crippen molar-refractivity contribution in [3.63, 3.8) is 0 Å². The van der Waals surface area contributed by atoms with Crippen LogP contribution in [0.15, 0.2) is 42.9 Å². The Balaban J connectivity index is 1.42. The van der Waals surface area contributed by atoms with Crippen molar-refractivity contribution in [2.24, 2.45) is 0 Å². The van der Waals surface area contributed by atoms with Crippen LogP contribution < -0.4 is 16.0 Å². The molecule has 2 aromatic heterocycles. The van der Waals surface area contributed by atoms with Crippen LogP contribution in [0.25, 0.3) is 11.3 Å². The number of nitrogens with one attached hydrogen (secondary N) is 1. The number of aryl methyl sites for hydroxylation is 1. The number of ether oxygens (including phenoxy) is 1. The van der Waals surface area contributed by atoms with Crippen LogP contribution in [-0.4, -0.2) is 55.2 Å². The van der Waals surface area contributed by atoms with Crippen LogP contribution in [0.3, 0.4) is 0 Å². The minimum Gasteiger partial charge on any atom is -0.437 e. The molecule has 3 heterocycles. The van der Waals surface area contributed by atoms with Gasteiger partial charge in [0, 0.05) is 24.8 Å². The number of benzene rings is 1. The van der Waals surface area contributed by atoms with E-state index in [1.54, 1.807) is 26.6 Å². The second-order valence-corrected chi connectivity index (χ2v) is 8.11. The molecule has 10 heteroatoms. The Morgan fingerprint density at radius 1 is 1.24 bits per heavy atom. The highest BCUT2D eigenvalue weighted by molar-refractivity contribution is 6.07. The minimum absolute atomic E-state index is 0.0731. The summed E-state index contributed by atoms with van der Waals surface area (Å²) in [6, 6.07) is 8.03. The minimum atomic E-state index is -0.430. The fourth-order valence-corrected chi connectivity index (χ4v) is 4.42. The smallest absolute Gasteiger partial charge is 0.278 e. The van der Waals surface area contributed by atoms with E-state index < -0.39 is 5.91 Å². The van der Waals surface area contributed by atoms with Crippen LogP contribution in [0.5, 0.6) is 0 Å². The van der Waals surface area contributed by atoms with Gasteiger partial charge in [0.15, 0.2) is 11.5 Å². The lowest BCUT2D eigenvalue weighted by atomic mass is 10.0. The number of carbonyl (C=O) groups excluding carboxylic acids is 1. The molecule has 5 rings (SSSR count). The van der Waals surface area contributed by atoms with E-state index >= 15 is 0 Å². The number of carbonyl (C=O) groups is 1. The number of morpholine rings is 1. The summed E-state index contributed by atoms with van der Waals surface area (Å²) in [5.41, 5.74) is 11.5. The number of anilines is 3. The highest BCUT2D eigenvalue weighted by Gasteiger charge is 2.23. The zero-order valence-corrected chi connectivity index (χ0v) is 18.5. The molecule has 1 saturated heterocycles. The second kappa shape index (κ2) is 9.17. The van der Waals surface area contributed by atoms with Crippen molar-refractivity contribution in [2.75, 3.05) is 42.3 Å². The van der Waals surface area contributed by atoms with E-state index in [1.807, 2.05) is 12.1 Å². The molecule has 33 heavy (non-hydrogen) atoms. The number of nitrogens with two attached hydrogens (primary N) is 1. The van der Waals surface area contributed by atoms with Crippen molar-refractivity contribution >= 4 is 31.1 Å². The van der Waals surface area contributed by atoms with Gasteiger partial charge in [0.1, 0.15) is 0 Å². The third-order valence-electron chi connectivity index (χ3n) is 6.16. The van der Waals surface area contributed by atoms with Crippen LogP contribution in [0, 0.1) is 0 Å². The van der Waals surface area contributed by atoms with Crippen LogP contribution in [0.2, 0.25) is 0 Å². The van der Waals surface area contributed by atoms with Crippen LogP contribution in [0.4, 0.5) is 17.2 Å². The van der Waals surface area contributed by atoms with Crippen LogP contribution in [-0.2, 0) is 15.8 Å². The first-order chi connectivity index (χ1) is 16.1. The molecule has 0 spiro atoms. The molecule has 1 unspecified atom stereocenters. The number of rotatable bonds is 5. The van der Waals surface area contributed by atoms with Crippen molar-refractivity contribution < 1.29 is 14.2 Å². The number of hydrogen-bond donors (Lipinski definition) is 2. The summed E-state index contributed by atoms with van der Waals surface area (Å²) in [5.74, 6) is -0.357. The Morgan fingerprint density at radius 3 is 2.91 bits per heavy atom. The number of nitrogens with zero attached hydrogens (tertiary/aromatic N) is 4. The third-order valence-corrected chi connectivity index (χ3v) is 6.16. The molecule has 1 atom stereocenters. The Labute approximate surface area is 192 Å². The standard InChI is InChI=1S/C23H25BN6O3/c24-33-20-4-3-14-1-2-15(11-16(14)20)17-13-27-22(25)21(28-17)23(31)29-18-12-26-6-5-19(18)30-7-9-32-10-8-30/h1-2,5-6,11-13,20H,3-4,7-10,24H2,(H2,25,27)(H,29,31). The molecule has 3 aromatic rings. The molecule has 1 fully saturated rings. The molecule has 1 aliphatic heterocycles. The maximum absolute atomic E-state index is 13.2. The number of amides is 1. The second-order valence-electron chi connectivity index (χ2n) is 8.11. The molecular weight excluding hydrogens is 419 g/mol. The summed E-state index contributed by atoms with van der Waals surface area (Å²) < 4.78 is 11.0. The first-order valence-corrected chi connectivity index (χ1v) is 11.0. The number of pyridine rings is 1. The van der Waals surface area contributed by atoms with Crippen molar-refractivity contribution in [2.45, 2.75) is 18.9 Å². The predicted octanol–water partition coefficient (Wildman–Crippen LogP) is 1.76. The topological polar surface area (TPSA) is 115 Å². The molecule has 0 bridgehead atoms. The van der Waals surface area contributed by atoms with Gasteiger partial charge < -0.3 is 25.3 Å². The first kappa shape index (κ1) is 21.4. The number of nitrogen functional groups attached to an aromatic ring is 1. The monoisotopic (exact) mass is 444 g/mol. The fraction of sp³-hybridized carbons (Fsp3) is 0.304. The summed E-state index contributed by atoms with van der Waals surface area (Å²) >= 11 is 0. The lowest BCUT2D eigenvalue weighted by molar-refractivity contribution is 0.102. The molecule has 0 radical (unpaired) electrons. The van der Waals surface area contributed by atoms with E-state index in [0.717, 1.165) is 42.7 Å². The van der Waals surface area contributed by atoms with Gasteiger partial charge in [-0.05, 0) is 36.1 Å². The van der Waals surface area contributed by atoms with E-state index in [-0.39, 0.29) is 17.6 Å². The van der Waals surface area contributed by atoms with E-state index in [0.29, 0.717) is 24.6 Å². The third kappa shape index (κ3) is 4.27. The van der Waals surface area contributed by atoms with Gasteiger partial charge in [0.25, 0.3) is 14.0 Å². The van der Waals surface area contributed by atoms with Crippen LogP contribution >= 0.6 is 0 Å². The molecule has 1 amide bonds. The van der Waals surface area contributed by atoms with Gasteiger partial charge in [0.2, 0.25) is 0 Å². The Morgan fingerprint density at radius 2 is 2.09 bits per heavy atom. The molecule has 1 aliphatic carbocycles. The van der Waals surface area contributed by atoms with Gasteiger partial charge in [-0.25, -0.2) is 9.97 Å². The quantitative estimate of drug-likeness (QED) is 0.573.